The molecule has 0 atom stereocenters. The highest BCUT2D eigenvalue weighted by molar-refractivity contribution is 7.07. The predicted molar refractivity (Wildman–Crippen MR) is 117 cm³/mol. The summed E-state index contributed by atoms with van der Waals surface area (Å²) in [5, 5.41) is 18.8. The fourth-order valence-electron chi connectivity index (χ4n) is 3.83. The molecule has 1 aromatic carbocycles. The summed E-state index contributed by atoms with van der Waals surface area (Å²) in [4.78, 5) is 13.4. The summed E-state index contributed by atoms with van der Waals surface area (Å²) in [6, 6.07) is 15.2. The van der Waals surface area contributed by atoms with E-state index in [2.05, 4.69) is 16.3 Å². The molecule has 0 fully saturated rings. The highest BCUT2D eigenvalue weighted by Crippen LogP contribution is 2.18. The number of furan rings is 1. The van der Waals surface area contributed by atoms with Crippen LogP contribution in [0.3, 0.4) is 0 Å². The van der Waals surface area contributed by atoms with Crippen molar-refractivity contribution in [2.75, 3.05) is 0 Å². The average Bonchev–Trinajstić information content (AvgIpc) is 3.47. The molecule has 0 radical (unpaired) electrons. The Morgan fingerprint density at radius 2 is 2.00 bits per heavy atom. The molecule has 1 aliphatic rings. The van der Waals surface area contributed by atoms with E-state index in [1.165, 1.54) is 11.3 Å². The number of nitriles is 1. The fraction of sp³-hybridized carbons (Fsp3) is 0.217. The molecule has 4 aromatic rings. The molecule has 0 saturated carbocycles. The average molecular weight is 430 g/mol. The van der Waals surface area contributed by atoms with E-state index in [1.54, 1.807) is 29.0 Å². The zero-order valence-electron chi connectivity index (χ0n) is 16.7. The fourth-order valence-corrected chi connectivity index (χ4v) is 4.91. The van der Waals surface area contributed by atoms with E-state index in [-0.39, 0.29) is 5.56 Å². The van der Waals surface area contributed by atoms with Gasteiger partial charge in [0.25, 0.3) is 5.56 Å². The summed E-state index contributed by atoms with van der Waals surface area (Å²) >= 11 is 1.26. The molecule has 0 aliphatic carbocycles. The first kappa shape index (κ1) is 19.3. The highest BCUT2D eigenvalue weighted by atomic mass is 32.1. The van der Waals surface area contributed by atoms with Crippen LogP contribution >= 0.6 is 11.3 Å². The minimum absolute atomic E-state index is 0.203. The molecule has 0 saturated heterocycles. The summed E-state index contributed by atoms with van der Waals surface area (Å²) in [7, 11) is 0. The third kappa shape index (κ3) is 3.53. The van der Waals surface area contributed by atoms with Gasteiger partial charge in [-0.1, -0.05) is 24.6 Å². The second kappa shape index (κ2) is 8.20. The van der Waals surface area contributed by atoms with Crippen molar-refractivity contribution < 1.29 is 4.42 Å². The van der Waals surface area contributed by atoms with E-state index < -0.39 is 0 Å². The summed E-state index contributed by atoms with van der Waals surface area (Å²) < 4.78 is 10.0. The van der Waals surface area contributed by atoms with Crippen LogP contribution in [0, 0.1) is 11.3 Å². The Bertz CT molecular complexity index is 1440. The molecule has 0 unspecified atom stereocenters. The van der Waals surface area contributed by atoms with E-state index >= 15 is 0 Å². The van der Waals surface area contributed by atoms with Crippen molar-refractivity contribution in [1.29, 1.82) is 5.26 Å². The SMILES string of the molecule is N#CC(c1nnc2n1CCCCC2)=c1sc(=Cc2ccco2)c(=O)n1-c1ccccc1. The first-order valence-corrected chi connectivity index (χ1v) is 11.0. The third-order valence-electron chi connectivity index (χ3n) is 5.31. The number of hydrogen-bond acceptors (Lipinski definition) is 6. The van der Waals surface area contributed by atoms with E-state index in [0.717, 1.165) is 38.1 Å². The lowest BCUT2D eigenvalue weighted by molar-refractivity contribution is 0.556. The smallest absolute Gasteiger partial charge is 0.273 e. The maximum absolute atomic E-state index is 13.4. The molecule has 0 N–H and O–H groups in total. The van der Waals surface area contributed by atoms with Crippen LogP contribution in [0.2, 0.25) is 0 Å². The minimum Gasteiger partial charge on any atom is -0.465 e. The van der Waals surface area contributed by atoms with Crippen molar-refractivity contribution in [2.45, 2.75) is 32.2 Å². The van der Waals surface area contributed by atoms with Gasteiger partial charge < -0.3 is 8.98 Å². The van der Waals surface area contributed by atoms with Gasteiger partial charge in [-0.2, -0.15) is 5.26 Å². The van der Waals surface area contributed by atoms with E-state index in [1.807, 2.05) is 34.9 Å². The van der Waals surface area contributed by atoms with Gasteiger partial charge in [0.15, 0.2) is 5.82 Å². The number of fused-ring (bicyclic) bond motifs is 1. The standard InChI is InChI=1S/C23H19N5O2S/c24-15-18(21-26-25-20-11-5-2-6-12-27(20)21)23-28(16-8-3-1-4-9-16)22(29)19(31-23)14-17-10-7-13-30-17/h1,3-4,7-10,13-14H,2,5-6,11-12H2. The van der Waals surface area contributed by atoms with Gasteiger partial charge in [-0.25, -0.2) is 0 Å². The van der Waals surface area contributed by atoms with Crippen molar-refractivity contribution >= 4 is 23.0 Å². The molecular weight excluding hydrogens is 410 g/mol. The van der Waals surface area contributed by atoms with Gasteiger partial charge in [-0.05, 0) is 37.1 Å². The number of hydrogen-bond donors (Lipinski definition) is 0. The summed E-state index contributed by atoms with van der Waals surface area (Å²) in [5.41, 5.74) is 0.845. The topological polar surface area (TPSA) is 89.6 Å². The Labute approximate surface area is 181 Å². The molecule has 4 heterocycles. The van der Waals surface area contributed by atoms with E-state index in [9.17, 15) is 10.1 Å². The summed E-state index contributed by atoms with van der Waals surface area (Å²) in [6.45, 7) is 0.773. The van der Waals surface area contributed by atoms with Crippen molar-refractivity contribution in [3.63, 3.8) is 0 Å². The van der Waals surface area contributed by atoms with Crippen molar-refractivity contribution in [3.8, 4) is 11.8 Å². The predicted octanol–water partition coefficient (Wildman–Crippen LogP) is 2.36. The quantitative estimate of drug-likeness (QED) is 0.499. The summed E-state index contributed by atoms with van der Waals surface area (Å²) in [6.07, 6.45) is 7.32. The van der Waals surface area contributed by atoms with E-state index in [0.29, 0.717) is 32.0 Å². The van der Waals surface area contributed by atoms with Gasteiger partial charge in [0, 0.05) is 19.0 Å². The Morgan fingerprint density at radius 1 is 1.13 bits per heavy atom. The molecule has 0 amide bonds. The van der Waals surface area contributed by atoms with Gasteiger partial charge in [0.05, 0.1) is 16.5 Å². The zero-order valence-corrected chi connectivity index (χ0v) is 17.5. The molecule has 154 valence electrons. The molecule has 5 rings (SSSR count). The minimum atomic E-state index is -0.203. The molecule has 1 aliphatic heterocycles. The van der Waals surface area contributed by atoms with Gasteiger partial charge in [0.1, 0.15) is 27.9 Å². The lowest BCUT2D eigenvalue weighted by atomic mass is 10.2. The molecular formula is C23H19N5O2S. The first-order chi connectivity index (χ1) is 15.3. The third-order valence-corrected chi connectivity index (χ3v) is 6.41. The van der Waals surface area contributed by atoms with Crippen LogP contribution in [0.4, 0.5) is 0 Å². The number of para-hydroxylation sites is 1. The molecule has 8 heteroatoms. The largest absolute Gasteiger partial charge is 0.465 e. The number of aromatic nitrogens is 4. The zero-order chi connectivity index (χ0) is 21.2. The normalized spacial score (nSPS) is 15.3. The van der Waals surface area contributed by atoms with Gasteiger partial charge >= 0.3 is 0 Å². The monoisotopic (exact) mass is 429 g/mol. The molecule has 31 heavy (non-hydrogen) atoms. The second-order valence-corrected chi connectivity index (χ2v) is 8.33. The molecule has 3 aromatic heterocycles. The number of rotatable bonds is 3. The second-order valence-electron chi connectivity index (χ2n) is 7.30. The Morgan fingerprint density at radius 3 is 2.77 bits per heavy atom. The van der Waals surface area contributed by atoms with Crippen LogP contribution in [-0.2, 0) is 13.0 Å². The number of benzene rings is 1. The molecule has 0 bridgehead atoms. The lowest BCUT2D eigenvalue weighted by Gasteiger charge is -2.07. The molecule has 0 spiro atoms. The van der Waals surface area contributed by atoms with E-state index in [4.69, 9.17) is 4.42 Å². The number of nitrogens with zero attached hydrogens (tertiary/aromatic N) is 5. The highest BCUT2D eigenvalue weighted by Gasteiger charge is 2.21. The Balaban J connectivity index is 1.84. The maximum Gasteiger partial charge on any atom is 0.273 e. The van der Waals surface area contributed by atoms with Crippen molar-refractivity contribution in [2.24, 2.45) is 0 Å². The number of aryl methyl sites for hydroxylation is 1. The van der Waals surface area contributed by atoms with Crippen molar-refractivity contribution in [3.05, 3.63) is 85.7 Å². The Hall–Kier alpha value is -3.70. The van der Waals surface area contributed by atoms with Crippen LogP contribution in [0.5, 0.6) is 0 Å². The van der Waals surface area contributed by atoms with Crippen LogP contribution in [-0.4, -0.2) is 19.3 Å². The van der Waals surface area contributed by atoms with Crippen LogP contribution in [0.25, 0.3) is 17.3 Å². The van der Waals surface area contributed by atoms with Gasteiger partial charge in [-0.3, -0.25) is 9.36 Å². The Kier molecular flexibility index (Phi) is 5.10. The van der Waals surface area contributed by atoms with Gasteiger partial charge in [0.2, 0.25) is 0 Å². The maximum atomic E-state index is 13.4. The molecule has 7 nitrogen and oxygen atoms in total. The van der Waals surface area contributed by atoms with Gasteiger partial charge in [-0.15, -0.1) is 21.5 Å². The summed E-state index contributed by atoms with van der Waals surface area (Å²) in [5.74, 6) is 2.00. The van der Waals surface area contributed by atoms with Crippen LogP contribution < -0.4 is 14.8 Å². The first-order valence-electron chi connectivity index (χ1n) is 10.2. The van der Waals surface area contributed by atoms with Crippen LogP contribution in [0.15, 0.2) is 57.9 Å². The van der Waals surface area contributed by atoms with Crippen LogP contribution in [0.1, 0.15) is 36.7 Å². The lowest BCUT2D eigenvalue weighted by Crippen LogP contribution is -2.31. The number of thiazole rings is 1. The van der Waals surface area contributed by atoms with Crippen molar-refractivity contribution in [1.82, 2.24) is 19.3 Å².